The number of anilines is 1. The predicted molar refractivity (Wildman–Crippen MR) is 128 cm³/mol. The van der Waals surface area contributed by atoms with E-state index in [1.165, 1.54) is 0 Å². The number of nitrogens with one attached hydrogen (secondary N) is 2. The van der Waals surface area contributed by atoms with Crippen LogP contribution in [0.4, 0.5) is 5.69 Å². The first-order valence-electron chi connectivity index (χ1n) is 10.5. The number of ether oxygens (including phenoxy) is 1. The maximum absolute atomic E-state index is 11.8. The highest BCUT2D eigenvalue weighted by molar-refractivity contribution is 7.21. The van der Waals surface area contributed by atoms with Gasteiger partial charge in [-0.15, -0.1) is 17.1 Å². The summed E-state index contributed by atoms with van der Waals surface area (Å²) in [5, 5.41) is 7.06. The van der Waals surface area contributed by atoms with Gasteiger partial charge in [-0.3, -0.25) is 4.79 Å². The molecule has 4 rings (SSSR count). The SMILES string of the molecule is CNc1ccc(-c2nc3ccc(OCCCCCNC(=O)C4=C=CC=C4)cc3s2)cc1. The lowest BCUT2D eigenvalue weighted by Gasteiger charge is -2.07. The monoisotopic (exact) mass is 431 g/mol. The van der Waals surface area contributed by atoms with Crippen molar-refractivity contribution in [2.45, 2.75) is 19.3 Å². The summed E-state index contributed by atoms with van der Waals surface area (Å²) in [6.07, 6.45) is 8.21. The highest BCUT2D eigenvalue weighted by Crippen LogP contribution is 2.32. The molecule has 1 aliphatic rings. The number of thiazole rings is 1. The number of hydrogen-bond donors (Lipinski definition) is 2. The Morgan fingerprint density at radius 3 is 2.77 bits per heavy atom. The summed E-state index contributed by atoms with van der Waals surface area (Å²) in [7, 11) is 1.91. The molecule has 6 heteroatoms. The number of rotatable bonds is 10. The van der Waals surface area contributed by atoms with Crippen molar-refractivity contribution >= 4 is 33.1 Å². The minimum absolute atomic E-state index is 0.0588. The lowest BCUT2D eigenvalue weighted by molar-refractivity contribution is -0.117. The second-order valence-electron chi connectivity index (χ2n) is 7.22. The van der Waals surface area contributed by atoms with Crippen LogP contribution in [-0.2, 0) is 4.79 Å². The van der Waals surface area contributed by atoms with Gasteiger partial charge in [-0.05, 0) is 73.9 Å². The molecule has 0 spiro atoms. The van der Waals surface area contributed by atoms with E-state index in [0.717, 1.165) is 51.5 Å². The Kier molecular flexibility index (Phi) is 6.82. The van der Waals surface area contributed by atoms with Crippen molar-refractivity contribution in [3.8, 4) is 16.3 Å². The van der Waals surface area contributed by atoms with E-state index >= 15 is 0 Å². The zero-order chi connectivity index (χ0) is 21.5. The van der Waals surface area contributed by atoms with E-state index in [0.29, 0.717) is 18.7 Å². The number of hydrogen-bond acceptors (Lipinski definition) is 5. The average molecular weight is 432 g/mol. The van der Waals surface area contributed by atoms with Crippen LogP contribution in [0.1, 0.15) is 19.3 Å². The molecule has 2 N–H and O–H groups in total. The molecule has 2 aromatic carbocycles. The van der Waals surface area contributed by atoms with E-state index < -0.39 is 0 Å². The molecule has 0 aliphatic heterocycles. The largest absolute Gasteiger partial charge is 0.494 e. The van der Waals surface area contributed by atoms with Gasteiger partial charge in [0.2, 0.25) is 0 Å². The van der Waals surface area contributed by atoms with Crippen LogP contribution < -0.4 is 15.4 Å². The molecule has 0 radical (unpaired) electrons. The van der Waals surface area contributed by atoms with Crippen molar-refractivity contribution in [1.82, 2.24) is 10.3 Å². The molecule has 3 aromatic rings. The zero-order valence-electron chi connectivity index (χ0n) is 17.5. The van der Waals surface area contributed by atoms with Crippen LogP contribution in [0.2, 0.25) is 0 Å². The number of nitrogens with zero attached hydrogens (tertiary/aromatic N) is 1. The van der Waals surface area contributed by atoms with E-state index in [-0.39, 0.29) is 5.91 Å². The van der Waals surface area contributed by atoms with Gasteiger partial charge >= 0.3 is 0 Å². The smallest absolute Gasteiger partial charge is 0.259 e. The molecule has 0 atom stereocenters. The molecule has 158 valence electrons. The predicted octanol–water partition coefficient (Wildman–Crippen LogP) is 5.32. The molecule has 0 saturated carbocycles. The van der Waals surface area contributed by atoms with Crippen molar-refractivity contribution in [3.63, 3.8) is 0 Å². The van der Waals surface area contributed by atoms with E-state index in [4.69, 9.17) is 9.72 Å². The third-order valence-electron chi connectivity index (χ3n) is 5.00. The molecule has 5 nitrogen and oxygen atoms in total. The molecule has 1 amide bonds. The summed E-state index contributed by atoms with van der Waals surface area (Å²) in [5.74, 6) is 0.810. The van der Waals surface area contributed by atoms with Crippen LogP contribution in [0.5, 0.6) is 5.75 Å². The highest BCUT2D eigenvalue weighted by Gasteiger charge is 2.08. The van der Waals surface area contributed by atoms with Gasteiger partial charge in [0.15, 0.2) is 0 Å². The third-order valence-corrected chi connectivity index (χ3v) is 6.07. The number of amides is 1. The Hall–Kier alpha value is -3.34. The number of fused-ring (bicyclic) bond motifs is 1. The van der Waals surface area contributed by atoms with Crippen LogP contribution in [0.3, 0.4) is 0 Å². The number of benzene rings is 2. The fourth-order valence-electron chi connectivity index (χ4n) is 3.26. The van der Waals surface area contributed by atoms with Crippen molar-refractivity contribution in [2.75, 3.05) is 25.5 Å². The Balaban J connectivity index is 1.22. The maximum atomic E-state index is 11.8. The molecule has 0 saturated heterocycles. The summed E-state index contributed by atoms with van der Waals surface area (Å²) in [4.78, 5) is 16.6. The normalized spacial score (nSPS) is 12.2. The summed E-state index contributed by atoms with van der Waals surface area (Å²) in [6, 6.07) is 14.3. The van der Waals surface area contributed by atoms with Crippen molar-refractivity contribution in [1.29, 1.82) is 0 Å². The van der Waals surface area contributed by atoms with Crippen molar-refractivity contribution in [2.24, 2.45) is 0 Å². The standard InChI is InChI=1S/C25H25N3O2S/c1-26-20-11-9-19(10-12-20)25-28-22-14-13-21(17-23(22)31-25)30-16-6-2-5-15-27-24(29)18-7-3-4-8-18/h3-4,7,9-14,17,26H,2,5-6,15-16H2,1H3,(H,27,29). The Bertz CT molecular complexity index is 1160. The van der Waals surface area contributed by atoms with Gasteiger partial charge in [-0.1, -0.05) is 6.08 Å². The first-order valence-corrected chi connectivity index (χ1v) is 11.3. The zero-order valence-corrected chi connectivity index (χ0v) is 18.3. The number of carbonyl (C=O) groups is 1. The van der Waals surface area contributed by atoms with Gasteiger partial charge in [0, 0.05) is 24.8 Å². The van der Waals surface area contributed by atoms with Crippen molar-refractivity contribution < 1.29 is 9.53 Å². The lowest BCUT2D eigenvalue weighted by Crippen LogP contribution is -2.25. The van der Waals surface area contributed by atoms with Gasteiger partial charge in [-0.25, -0.2) is 4.98 Å². The van der Waals surface area contributed by atoms with E-state index in [2.05, 4.69) is 46.7 Å². The maximum Gasteiger partial charge on any atom is 0.259 e. The van der Waals surface area contributed by atoms with E-state index in [9.17, 15) is 4.79 Å². The molecule has 1 aliphatic carbocycles. The number of aromatic nitrogens is 1. The Morgan fingerprint density at radius 2 is 2.00 bits per heavy atom. The Morgan fingerprint density at radius 1 is 1.13 bits per heavy atom. The van der Waals surface area contributed by atoms with Crippen LogP contribution in [-0.4, -0.2) is 31.1 Å². The molecule has 31 heavy (non-hydrogen) atoms. The fourth-order valence-corrected chi connectivity index (χ4v) is 4.26. The summed E-state index contributed by atoms with van der Waals surface area (Å²) in [6.45, 7) is 1.33. The van der Waals surface area contributed by atoms with Gasteiger partial charge in [0.25, 0.3) is 5.91 Å². The van der Waals surface area contributed by atoms with Crippen LogP contribution in [0, 0.1) is 0 Å². The molecule has 1 aromatic heterocycles. The van der Waals surface area contributed by atoms with Crippen molar-refractivity contribution in [3.05, 3.63) is 72.0 Å². The minimum Gasteiger partial charge on any atom is -0.494 e. The summed E-state index contributed by atoms with van der Waals surface area (Å²) >= 11 is 1.68. The number of unbranched alkanes of at least 4 members (excludes halogenated alkanes) is 2. The molecule has 0 bridgehead atoms. The molecule has 0 unspecified atom stereocenters. The fraction of sp³-hybridized carbons (Fsp3) is 0.240. The average Bonchev–Trinajstić information content (AvgIpc) is 3.48. The molecular formula is C25H25N3O2S. The highest BCUT2D eigenvalue weighted by atomic mass is 32.1. The minimum atomic E-state index is -0.0588. The number of allylic oxidation sites excluding steroid dienone is 1. The van der Waals surface area contributed by atoms with E-state index in [1.807, 2.05) is 25.3 Å². The summed E-state index contributed by atoms with van der Waals surface area (Å²) < 4.78 is 7.05. The van der Waals surface area contributed by atoms with Crippen LogP contribution in [0.15, 0.2) is 72.0 Å². The molecule has 1 heterocycles. The summed E-state index contributed by atoms with van der Waals surface area (Å²) in [5.41, 5.74) is 6.70. The van der Waals surface area contributed by atoms with Crippen LogP contribution in [0.25, 0.3) is 20.8 Å². The third kappa shape index (κ3) is 5.43. The quantitative estimate of drug-likeness (QED) is 0.337. The second kappa shape index (κ2) is 10.1. The number of carbonyl (C=O) groups excluding carboxylic acids is 1. The Labute approximate surface area is 186 Å². The first kappa shape index (κ1) is 20.9. The van der Waals surface area contributed by atoms with Gasteiger partial charge in [-0.2, -0.15) is 0 Å². The molecular weight excluding hydrogens is 406 g/mol. The lowest BCUT2D eigenvalue weighted by atomic mass is 10.2. The van der Waals surface area contributed by atoms with E-state index in [1.54, 1.807) is 23.5 Å². The molecule has 0 fully saturated rings. The van der Waals surface area contributed by atoms with Gasteiger partial charge in [0.05, 0.1) is 22.4 Å². The second-order valence-corrected chi connectivity index (χ2v) is 8.26. The van der Waals surface area contributed by atoms with Crippen LogP contribution >= 0.6 is 11.3 Å². The van der Waals surface area contributed by atoms with Gasteiger partial charge < -0.3 is 15.4 Å². The topological polar surface area (TPSA) is 63.3 Å². The van der Waals surface area contributed by atoms with Gasteiger partial charge in [0.1, 0.15) is 10.8 Å². The first-order chi connectivity index (χ1) is 15.2.